The third-order valence-electron chi connectivity index (χ3n) is 2.67. The van der Waals surface area contributed by atoms with Crippen molar-refractivity contribution in [3.05, 3.63) is 35.4 Å². The van der Waals surface area contributed by atoms with E-state index in [0.29, 0.717) is 0 Å². The molecule has 0 radical (unpaired) electrons. The van der Waals surface area contributed by atoms with Crippen molar-refractivity contribution < 1.29 is 31.1 Å². The zero-order valence-corrected chi connectivity index (χ0v) is 14.7. The summed E-state index contributed by atoms with van der Waals surface area (Å²) in [7, 11) is 1.09. The van der Waals surface area contributed by atoms with Gasteiger partial charge in [-0.3, -0.25) is 0 Å². The van der Waals surface area contributed by atoms with E-state index in [1.165, 1.54) is 6.07 Å². The van der Waals surface area contributed by atoms with Gasteiger partial charge in [-0.25, -0.2) is 13.2 Å². The Bertz CT molecular complexity index is 699. The molecule has 0 aliphatic carbocycles. The van der Waals surface area contributed by atoms with Crippen LogP contribution in [0.25, 0.3) is 0 Å². The summed E-state index contributed by atoms with van der Waals surface area (Å²) < 4.78 is 66.0. The number of halogens is 4. The van der Waals surface area contributed by atoms with Gasteiger partial charge in [-0.05, 0) is 38.5 Å². The third-order valence-corrected chi connectivity index (χ3v) is 3.78. The van der Waals surface area contributed by atoms with E-state index < -0.39 is 44.3 Å². The van der Waals surface area contributed by atoms with Gasteiger partial charge in [0.2, 0.25) is 9.05 Å². The maximum Gasteiger partial charge on any atom is 0.416 e. The minimum absolute atomic E-state index is 0.0556. The number of benzene rings is 1. The molecule has 0 saturated carbocycles. The predicted molar refractivity (Wildman–Crippen MR) is 83.2 cm³/mol. The minimum atomic E-state index is -4.60. The van der Waals surface area contributed by atoms with Crippen LogP contribution in [0.5, 0.6) is 0 Å². The Morgan fingerprint density at radius 3 is 2.33 bits per heavy atom. The SMILES string of the molecule is CC(C)(C)OC(=O)NC(CS(=O)(=O)Cl)c1cccc(C(F)(F)F)c1. The number of hydrogen-bond donors (Lipinski definition) is 1. The lowest BCUT2D eigenvalue weighted by atomic mass is 10.0. The maximum absolute atomic E-state index is 12.8. The first-order chi connectivity index (χ1) is 10.7. The van der Waals surface area contributed by atoms with E-state index in [2.05, 4.69) is 5.32 Å². The summed E-state index contributed by atoms with van der Waals surface area (Å²) in [5, 5.41) is 2.23. The van der Waals surface area contributed by atoms with Gasteiger partial charge in [0.15, 0.2) is 0 Å². The Morgan fingerprint density at radius 2 is 1.88 bits per heavy atom. The van der Waals surface area contributed by atoms with Gasteiger partial charge in [-0.15, -0.1) is 0 Å². The lowest BCUT2D eigenvalue weighted by Gasteiger charge is -2.23. The third kappa shape index (κ3) is 7.39. The summed E-state index contributed by atoms with van der Waals surface area (Å²) in [6.45, 7) is 4.76. The first-order valence-corrected chi connectivity index (χ1v) is 9.24. The minimum Gasteiger partial charge on any atom is -0.444 e. The lowest BCUT2D eigenvalue weighted by molar-refractivity contribution is -0.137. The highest BCUT2D eigenvalue weighted by molar-refractivity contribution is 8.13. The molecule has 10 heteroatoms. The molecule has 5 nitrogen and oxygen atoms in total. The number of carbonyl (C=O) groups is 1. The van der Waals surface area contributed by atoms with Gasteiger partial charge in [0.1, 0.15) is 5.60 Å². The van der Waals surface area contributed by atoms with Crippen molar-refractivity contribution in [3.63, 3.8) is 0 Å². The average molecular weight is 388 g/mol. The van der Waals surface area contributed by atoms with Crippen molar-refractivity contribution in [2.45, 2.75) is 38.6 Å². The molecule has 1 aromatic carbocycles. The zero-order chi connectivity index (χ0) is 18.8. The number of ether oxygens (including phenoxy) is 1. The Labute approximate surface area is 142 Å². The molecule has 1 unspecified atom stereocenters. The molecule has 0 aromatic heterocycles. The molecule has 0 spiro atoms. The first-order valence-electron chi connectivity index (χ1n) is 6.76. The van der Waals surface area contributed by atoms with Crippen molar-refractivity contribution in [1.82, 2.24) is 5.32 Å². The summed E-state index contributed by atoms with van der Waals surface area (Å²) >= 11 is 0. The van der Waals surface area contributed by atoms with Gasteiger partial charge in [0, 0.05) is 10.7 Å². The number of alkyl halides is 3. The van der Waals surface area contributed by atoms with Crippen LogP contribution < -0.4 is 5.32 Å². The van der Waals surface area contributed by atoms with Gasteiger partial charge in [0.25, 0.3) is 0 Å². The van der Waals surface area contributed by atoms with Crippen LogP contribution in [0.4, 0.5) is 18.0 Å². The van der Waals surface area contributed by atoms with Crippen molar-refractivity contribution >= 4 is 25.8 Å². The number of hydrogen-bond acceptors (Lipinski definition) is 4. The molecular weight excluding hydrogens is 371 g/mol. The second-order valence-electron chi connectivity index (χ2n) is 6.03. The highest BCUT2D eigenvalue weighted by Crippen LogP contribution is 2.31. The van der Waals surface area contributed by atoms with E-state index in [0.717, 1.165) is 18.2 Å². The Hall–Kier alpha value is -1.48. The van der Waals surface area contributed by atoms with E-state index in [1.54, 1.807) is 20.8 Å². The van der Waals surface area contributed by atoms with Crippen molar-refractivity contribution in [3.8, 4) is 0 Å². The van der Waals surface area contributed by atoms with Crippen LogP contribution in [0.3, 0.4) is 0 Å². The fourth-order valence-corrected chi connectivity index (χ4v) is 2.85. The van der Waals surface area contributed by atoms with Crippen molar-refractivity contribution in [1.29, 1.82) is 0 Å². The fraction of sp³-hybridized carbons (Fsp3) is 0.500. The lowest BCUT2D eigenvalue weighted by Crippen LogP contribution is -2.37. The number of rotatable bonds is 4. The zero-order valence-electron chi connectivity index (χ0n) is 13.1. The average Bonchev–Trinajstić information content (AvgIpc) is 2.33. The molecule has 0 aliphatic heterocycles. The molecule has 1 atom stereocenters. The normalized spacial score (nSPS) is 14.1. The molecule has 0 bridgehead atoms. The van der Waals surface area contributed by atoms with Gasteiger partial charge in [-0.2, -0.15) is 13.2 Å². The predicted octanol–water partition coefficient (Wildman–Crippen LogP) is 3.84. The summed E-state index contributed by atoms with van der Waals surface area (Å²) in [6, 6.07) is 2.68. The van der Waals surface area contributed by atoms with Gasteiger partial charge >= 0.3 is 12.3 Å². The van der Waals surface area contributed by atoms with E-state index in [1.807, 2.05) is 0 Å². The molecule has 1 amide bonds. The Kier molecular flexibility index (Phi) is 6.15. The summed E-state index contributed by atoms with van der Waals surface area (Å²) in [5.41, 5.74) is -1.88. The standard InChI is InChI=1S/C14H17ClF3NO4S/c1-13(2,3)23-12(20)19-11(8-24(15,21)22)9-5-4-6-10(7-9)14(16,17)18/h4-7,11H,8H2,1-3H3,(H,19,20). The van der Waals surface area contributed by atoms with Crippen LogP contribution in [0.15, 0.2) is 24.3 Å². The van der Waals surface area contributed by atoms with E-state index in [-0.39, 0.29) is 5.56 Å². The van der Waals surface area contributed by atoms with Gasteiger partial charge in [-0.1, -0.05) is 12.1 Å². The molecule has 136 valence electrons. The summed E-state index contributed by atoms with van der Waals surface area (Å²) in [5.74, 6) is -0.783. The summed E-state index contributed by atoms with van der Waals surface area (Å²) in [4.78, 5) is 11.8. The van der Waals surface area contributed by atoms with E-state index >= 15 is 0 Å². The van der Waals surface area contributed by atoms with Crippen LogP contribution in [-0.4, -0.2) is 25.9 Å². The Balaban J connectivity index is 3.13. The molecule has 0 aliphatic rings. The fourth-order valence-electron chi connectivity index (χ4n) is 1.80. The van der Waals surface area contributed by atoms with Crippen molar-refractivity contribution in [2.75, 3.05) is 5.75 Å². The Morgan fingerprint density at radius 1 is 1.29 bits per heavy atom. The molecular formula is C14H17ClF3NO4S. The number of carbonyl (C=O) groups excluding carboxylic acids is 1. The van der Waals surface area contributed by atoms with Crippen LogP contribution in [0.2, 0.25) is 0 Å². The first kappa shape index (κ1) is 20.6. The second-order valence-corrected chi connectivity index (χ2v) is 8.85. The topological polar surface area (TPSA) is 72.5 Å². The smallest absolute Gasteiger partial charge is 0.416 e. The highest BCUT2D eigenvalue weighted by atomic mass is 35.7. The van der Waals surface area contributed by atoms with Crippen LogP contribution in [0.1, 0.15) is 37.9 Å². The molecule has 1 rings (SSSR count). The molecule has 0 heterocycles. The largest absolute Gasteiger partial charge is 0.444 e. The molecule has 0 fully saturated rings. The number of nitrogens with one attached hydrogen (secondary N) is 1. The van der Waals surface area contributed by atoms with Gasteiger partial charge in [0.05, 0.1) is 17.4 Å². The number of amides is 1. The van der Waals surface area contributed by atoms with E-state index in [9.17, 15) is 26.4 Å². The maximum atomic E-state index is 12.8. The highest BCUT2D eigenvalue weighted by Gasteiger charge is 2.32. The molecule has 24 heavy (non-hydrogen) atoms. The van der Waals surface area contributed by atoms with Crippen molar-refractivity contribution in [2.24, 2.45) is 0 Å². The monoisotopic (exact) mass is 387 g/mol. The second kappa shape index (κ2) is 7.18. The molecule has 1 aromatic rings. The van der Waals surface area contributed by atoms with Crippen LogP contribution in [0, 0.1) is 0 Å². The molecule has 1 N–H and O–H groups in total. The van der Waals surface area contributed by atoms with E-state index in [4.69, 9.17) is 15.4 Å². The van der Waals surface area contributed by atoms with Gasteiger partial charge < -0.3 is 10.1 Å². The number of alkyl carbamates (subject to hydrolysis) is 1. The molecule has 0 saturated heterocycles. The summed E-state index contributed by atoms with van der Waals surface area (Å²) in [6.07, 6.45) is -5.57. The quantitative estimate of drug-likeness (QED) is 0.797. The van der Waals surface area contributed by atoms with Crippen LogP contribution in [-0.2, 0) is 20.0 Å². The van der Waals surface area contributed by atoms with Crippen LogP contribution >= 0.6 is 10.7 Å².